The fourth-order valence-electron chi connectivity index (χ4n) is 8.46. The summed E-state index contributed by atoms with van der Waals surface area (Å²) in [5.74, 6) is 2.24. The van der Waals surface area contributed by atoms with Crippen LogP contribution >= 0.6 is 0 Å². The van der Waals surface area contributed by atoms with Crippen LogP contribution in [0, 0.1) is 12.1 Å². The van der Waals surface area contributed by atoms with E-state index < -0.39 is 0 Å². The third-order valence-corrected chi connectivity index (χ3v) is 10.6. The van der Waals surface area contributed by atoms with Crippen molar-refractivity contribution in [3.63, 3.8) is 0 Å². The molecular weight excluding hydrogens is 764 g/mol. The van der Waals surface area contributed by atoms with Crippen molar-refractivity contribution in [1.82, 2.24) is 9.97 Å². The number of anilines is 3. The molecule has 3 aromatic carbocycles. The maximum absolute atomic E-state index is 11.0. The SMILES string of the molecule is Oc1ccccc1-c1nc(ON2[CH-]N(c3cc(C4CCCCC4)ccn3)c3ccccc32)cc2c1CC1(Cc3ccccc3C1)C2.[Pt]. The largest absolute Gasteiger partial charge is 0.507 e. The van der Waals surface area contributed by atoms with E-state index in [1.165, 1.54) is 59.9 Å². The Bertz CT molecular complexity index is 1930. The number of para-hydroxylation sites is 3. The molecule has 3 heterocycles. The van der Waals surface area contributed by atoms with E-state index in [2.05, 4.69) is 65.6 Å². The van der Waals surface area contributed by atoms with Crippen LogP contribution in [0.2, 0.25) is 0 Å². The van der Waals surface area contributed by atoms with Crippen molar-refractivity contribution in [3.8, 4) is 22.9 Å². The van der Waals surface area contributed by atoms with Crippen molar-refractivity contribution in [1.29, 1.82) is 0 Å². The van der Waals surface area contributed by atoms with Crippen LogP contribution < -0.4 is 14.8 Å². The first-order valence-electron chi connectivity index (χ1n) is 16.7. The topological polar surface area (TPSA) is 61.7 Å². The molecule has 47 heavy (non-hydrogen) atoms. The minimum atomic E-state index is 0. The molecule has 2 aromatic heterocycles. The molecule has 4 aliphatic rings. The summed E-state index contributed by atoms with van der Waals surface area (Å²) in [6.07, 6.45) is 12.4. The van der Waals surface area contributed by atoms with Crippen LogP contribution in [-0.4, -0.2) is 15.1 Å². The molecule has 1 aliphatic heterocycles. The van der Waals surface area contributed by atoms with Crippen molar-refractivity contribution in [2.45, 2.75) is 63.7 Å². The van der Waals surface area contributed by atoms with Gasteiger partial charge in [0.05, 0.1) is 11.4 Å². The number of nitrogens with zero attached hydrogens (tertiary/aromatic N) is 4. The van der Waals surface area contributed by atoms with Crippen LogP contribution in [0.4, 0.5) is 17.2 Å². The van der Waals surface area contributed by atoms with Gasteiger partial charge in [-0.1, -0.05) is 67.8 Å². The molecule has 0 bridgehead atoms. The number of phenols is 1. The molecule has 5 aromatic rings. The van der Waals surface area contributed by atoms with Gasteiger partial charge in [-0.2, -0.15) is 0 Å². The summed E-state index contributed by atoms with van der Waals surface area (Å²) >= 11 is 0. The number of fused-ring (bicyclic) bond motifs is 3. The summed E-state index contributed by atoms with van der Waals surface area (Å²) < 4.78 is 0. The van der Waals surface area contributed by atoms with E-state index in [-0.39, 0.29) is 32.2 Å². The summed E-state index contributed by atoms with van der Waals surface area (Å²) in [4.78, 5) is 18.7. The quantitative estimate of drug-likeness (QED) is 0.180. The number of aromatic nitrogens is 2. The fraction of sp³-hybridized carbons (Fsp3) is 0.275. The average Bonchev–Trinajstić information content (AvgIpc) is 3.77. The standard InChI is InChI=1S/C40H37N4O2.Pt/c45-36-17-9-6-14-32(36)39-33-25-40(22-29-12-4-5-13-30(29)23-40)24-31(33)21-38(42-39)46-44-26-43(34-15-7-8-16-35(34)44)37-20-28(18-19-41-37)27-10-2-1-3-11-27;/h4-9,12-21,26-27,45H,1-3,10-11,22-25H2;/q-1;. The monoisotopic (exact) mass is 800 g/mol. The van der Waals surface area contributed by atoms with Crippen LogP contribution in [0.3, 0.4) is 0 Å². The van der Waals surface area contributed by atoms with Crippen molar-refractivity contribution in [3.05, 3.63) is 132 Å². The third kappa shape index (κ3) is 5.41. The van der Waals surface area contributed by atoms with Crippen molar-refractivity contribution in [2.75, 3.05) is 9.96 Å². The van der Waals surface area contributed by atoms with Crippen LogP contribution in [0.5, 0.6) is 11.6 Å². The number of hydroxylamine groups is 1. The molecule has 1 N–H and O–H groups in total. The number of hydrogen-bond donors (Lipinski definition) is 1. The first-order chi connectivity index (χ1) is 22.6. The zero-order valence-corrected chi connectivity index (χ0v) is 28.5. The molecule has 0 amide bonds. The van der Waals surface area contributed by atoms with Crippen LogP contribution in [0.15, 0.2) is 97.2 Å². The maximum atomic E-state index is 11.0. The normalized spacial score (nSPS) is 17.7. The minimum Gasteiger partial charge on any atom is -0.507 e. The fourth-order valence-corrected chi connectivity index (χ4v) is 8.46. The van der Waals surface area contributed by atoms with Crippen LogP contribution in [0.1, 0.15) is 65.8 Å². The molecule has 7 heteroatoms. The first kappa shape index (κ1) is 30.2. The molecular formula is C40H37N4O2Pt-. The van der Waals surface area contributed by atoms with Crippen molar-refractivity contribution in [2.24, 2.45) is 5.41 Å². The van der Waals surface area contributed by atoms with Crippen molar-refractivity contribution >= 4 is 17.2 Å². The van der Waals surface area contributed by atoms with Gasteiger partial charge in [0.1, 0.15) is 11.6 Å². The molecule has 1 spiro atoms. The Morgan fingerprint density at radius 2 is 1.47 bits per heavy atom. The van der Waals surface area contributed by atoms with E-state index >= 15 is 0 Å². The second-order valence-corrected chi connectivity index (χ2v) is 13.6. The van der Waals surface area contributed by atoms with E-state index in [9.17, 15) is 5.11 Å². The van der Waals surface area contributed by atoms with Gasteiger partial charge < -0.3 is 19.9 Å². The summed E-state index contributed by atoms with van der Waals surface area (Å²) in [7, 11) is 0. The summed E-state index contributed by atoms with van der Waals surface area (Å²) in [6, 6.07) is 31.2. The minimum absolute atomic E-state index is 0. The van der Waals surface area contributed by atoms with Crippen LogP contribution in [-0.2, 0) is 46.7 Å². The molecule has 1 saturated carbocycles. The number of hydrogen-bond acceptors (Lipinski definition) is 6. The Hall–Kier alpha value is -4.15. The molecule has 0 radical (unpaired) electrons. The maximum Gasteiger partial charge on any atom is 0.243 e. The number of phenolic OH excluding ortho intramolecular Hbond substituents is 1. The van der Waals surface area contributed by atoms with E-state index in [1.54, 1.807) is 6.07 Å². The Kier molecular flexibility index (Phi) is 7.80. The molecule has 9 rings (SSSR count). The van der Waals surface area contributed by atoms with E-state index in [1.807, 2.05) is 42.2 Å². The van der Waals surface area contributed by atoms with E-state index in [0.717, 1.165) is 54.1 Å². The molecule has 6 nitrogen and oxygen atoms in total. The second kappa shape index (κ2) is 12.1. The van der Waals surface area contributed by atoms with E-state index in [4.69, 9.17) is 14.8 Å². The van der Waals surface area contributed by atoms with Gasteiger partial charge >= 0.3 is 0 Å². The third-order valence-electron chi connectivity index (χ3n) is 10.6. The zero-order valence-electron chi connectivity index (χ0n) is 26.2. The molecule has 0 saturated heterocycles. The van der Waals surface area contributed by atoms with E-state index in [0.29, 0.717) is 11.8 Å². The van der Waals surface area contributed by atoms with Gasteiger partial charge in [0, 0.05) is 44.6 Å². The average molecular weight is 801 g/mol. The molecule has 0 unspecified atom stereocenters. The van der Waals surface area contributed by atoms with Gasteiger partial charge in [-0.3, -0.25) is 0 Å². The Balaban J connectivity index is 0.00000324. The second-order valence-electron chi connectivity index (χ2n) is 13.6. The summed E-state index contributed by atoms with van der Waals surface area (Å²) in [5, 5.41) is 12.8. The zero-order chi connectivity index (χ0) is 30.7. The van der Waals surface area contributed by atoms with Crippen LogP contribution in [0.25, 0.3) is 11.3 Å². The molecule has 240 valence electrons. The predicted octanol–water partition coefficient (Wildman–Crippen LogP) is 8.85. The number of benzene rings is 3. The smallest absolute Gasteiger partial charge is 0.243 e. The molecule has 0 atom stereocenters. The van der Waals surface area contributed by atoms with Gasteiger partial charge in [-0.05, 0) is 114 Å². The Morgan fingerprint density at radius 1 is 0.766 bits per heavy atom. The molecule has 1 fully saturated rings. The first-order valence-corrected chi connectivity index (χ1v) is 16.7. The Morgan fingerprint density at radius 3 is 2.26 bits per heavy atom. The molecule has 3 aliphatic carbocycles. The summed E-state index contributed by atoms with van der Waals surface area (Å²) in [5.41, 5.74) is 10.4. The number of pyridine rings is 2. The van der Waals surface area contributed by atoms with Gasteiger partial charge in [-0.15, -0.1) is 6.67 Å². The predicted molar refractivity (Wildman–Crippen MR) is 181 cm³/mol. The van der Waals surface area contributed by atoms with Gasteiger partial charge in [0.2, 0.25) is 5.88 Å². The van der Waals surface area contributed by atoms with Crippen molar-refractivity contribution < 1.29 is 31.0 Å². The van der Waals surface area contributed by atoms with Gasteiger partial charge in [-0.25, -0.2) is 9.97 Å². The van der Waals surface area contributed by atoms with Gasteiger partial charge in [0.25, 0.3) is 0 Å². The van der Waals surface area contributed by atoms with Gasteiger partial charge in [0.15, 0.2) is 0 Å². The Labute approximate surface area is 290 Å². The summed E-state index contributed by atoms with van der Waals surface area (Å²) in [6.45, 7) is 1.97. The number of aromatic hydroxyl groups is 1. The number of rotatable bonds is 5.